The molecule has 278 valence electrons. The van der Waals surface area contributed by atoms with Crippen LogP contribution >= 0.6 is 0 Å². The van der Waals surface area contributed by atoms with Gasteiger partial charge in [0.2, 0.25) is 17.7 Å². The van der Waals surface area contributed by atoms with E-state index in [-0.39, 0.29) is 36.8 Å². The summed E-state index contributed by atoms with van der Waals surface area (Å²) in [4.78, 5) is 52.8. The molecule has 1 aromatic carbocycles. The molecule has 1 aromatic rings. The van der Waals surface area contributed by atoms with Gasteiger partial charge in [-0.1, -0.05) is 55.4 Å². The highest BCUT2D eigenvalue weighted by atomic mass is 16.6. The summed E-state index contributed by atoms with van der Waals surface area (Å²) in [6.45, 7) is 21.8. The predicted octanol–water partition coefficient (Wildman–Crippen LogP) is 7.09. The van der Waals surface area contributed by atoms with Crippen molar-refractivity contribution >= 4 is 23.8 Å². The fourth-order valence-corrected chi connectivity index (χ4v) is 5.11. The van der Waals surface area contributed by atoms with Crippen molar-refractivity contribution < 1.29 is 28.7 Å². The number of hydrogen-bond acceptors (Lipinski definition) is 6. The van der Waals surface area contributed by atoms with E-state index < -0.39 is 23.6 Å². The first-order valence-electron chi connectivity index (χ1n) is 17.6. The first kappa shape index (κ1) is 43.7. The largest absolute Gasteiger partial charge is 0.494 e. The van der Waals surface area contributed by atoms with Gasteiger partial charge >= 0.3 is 6.09 Å². The molecule has 10 heteroatoms. The van der Waals surface area contributed by atoms with Gasteiger partial charge in [-0.3, -0.25) is 14.4 Å². The Balaban J connectivity index is 3.02. The Hall–Kier alpha value is -4.34. The summed E-state index contributed by atoms with van der Waals surface area (Å²) < 4.78 is 11.6. The van der Waals surface area contributed by atoms with E-state index in [4.69, 9.17) is 9.47 Å². The summed E-state index contributed by atoms with van der Waals surface area (Å²) in [5.41, 5.74) is 3.08. The third-order valence-corrected chi connectivity index (χ3v) is 7.87. The molecule has 0 fully saturated rings. The van der Waals surface area contributed by atoms with Crippen molar-refractivity contribution in [1.29, 1.82) is 0 Å². The zero-order valence-corrected chi connectivity index (χ0v) is 32.1. The molecule has 0 aliphatic rings. The first-order valence-corrected chi connectivity index (χ1v) is 17.6. The van der Waals surface area contributed by atoms with Crippen LogP contribution in [-0.2, 0) is 25.7 Å². The van der Waals surface area contributed by atoms with Crippen molar-refractivity contribution in [3.8, 4) is 5.75 Å². The number of benzene rings is 1. The minimum atomic E-state index is -0.840. The van der Waals surface area contributed by atoms with Crippen molar-refractivity contribution in [2.45, 2.75) is 119 Å². The molecule has 4 amide bonds. The Bertz CT molecular complexity index is 1360. The molecule has 0 saturated heterocycles. The maximum atomic E-state index is 13.6. The van der Waals surface area contributed by atoms with Gasteiger partial charge in [0, 0.05) is 27.1 Å². The third-order valence-electron chi connectivity index (χ3n) is 7.87. The normalized spacial score (nSPS) is 13.8. The fraction of sp³-hybridized carbons (Fsp3) is 0.550. The van der Waals surface area contributed by atoms with Crippen LogP contribution < -0.4 is 20.7 Å². The van der Waals surface area contributed by atoms with Crippen molar-refractivity contribution in [1.82, 2.24) is 20.9 Å². The van der Waals surface area contributed by atoms with E-state index in [1.54, 1.807) is 18.9 Å². The van der Waals surface area contributed by atoms with Crippen LogP contribution in [0.4, 0.5) is 4.79 Å². The van der Waals surface area contributed by atoms with Crippen LogP contribution in [0, 0.1) is 12.8 Å². The van der Waals surface area contributed by atoms with Crippen LogP contribution in [0.25, 0.3) is 0 Å². The minimum Gasteiger partial charge on any atom is -0.494 e. The summed E-state index contributed by atoms with van der Waals surface area (Å²) in [7, 11) is 1.75. The number of nitrogens with zero attached hydrogens (tertiary/aromatic N) is 1. The molecule has 1 rings (SSSR count). The lowest BCUT2D eigenvalue weighted by atomic mass is 10.0. The van der Waals surface area contributed by atoms with E-state index in [0.717, 1.165) is 35.1 Å². The number of rotatable bonds is 20. The Labute approximate surface area is 300 Å². The summed E-state index contributed by atoms with van der Waals surface area (Å²) in [6.07, 6.45) is 12.2. The van der Waals surface area contributed by atoms with E-state index in [1.807, 2.05) is 90.1 Å². The smallest absolute Gasteiger partial charge is 0.410 e. The van der Waals surface area contributed by atoms with Crippen LogP contribution in [0.5, 0.6) is 5.75 Å². The molecule has 0 bridgehead atoms. The van der Waals surface area contributed by atoms with Crippen LogP contribution in [0.3, 0.4) is 0 Å². The lowest BCUT2D eigenvalue weighted by Gasteiger charge is -2.27. The molecule has 0 aromatic heterocycles. The standard InChI is InChI=1S/C40H62N4O6/c1-12-15-17-32(16-13-2)19-21-35(43-38(47)36(24-28(4)5)42-30(7)45)37(46)41-26-33-25-34(20-18-29(33)6)49-23-22-31(14-3)27-44(11)39(48)50-40(8,9)10/h12-13,15-18,20,25,31,35-36H,4,14,19,21-24,26-27H2,1-3,5-11H3,(H,41,46)(H,42,45)(H,43,47)/b15-12+,16-13-,32-17+/t31?,35?,36-/m0/s1. The number of nitrogens with one attached hydrogen (secondary N) is 3. The van der Waals surface area contributed by atoms with Crippen LogP contribution in [0.15, 0.2) is 66.3 Å². The molecule has 3 atom stereocenters. The zero-order chi connectivity index (χ0) is 37.9. The molecule has 0 aliphatic carbocycles. The minimum absolute atomic E-state index is 0.240. The monoisotopic (exact) mass is 694 g/mol. The Morgan fingerprint density at radius 3 is 2.28 bits per heavy atom. The fourth-order valence-electron chi connectivity index (χ4n) is 5.11. The number of amides is 4. The highest BCUT2D eigenvalue weighted by Gasteiger charge is 2.27. The van der Waals surface area contributed by atoms with Crippen molar-refractivity contribution in [3.05, 3.63) is 77.4 Å². The van der Waals surface area contributed by atoms with Crippen LogP contribution in [0.2, 0.25) is 0 Å². The third kappa shape index (κ3) is 17.9. The molecule has 2 unspecified atom stereocenters. The van der Waals surface area contributed by atoms with Gasteiger partial charge < -0.3 is 30.3 Å². The number of aryl methyl sites for hydroxylation is 1. The topological polar surface area (TPSA) is 126 Å². The summed E-state index contributed by atoms with van der Waals surface area (Å²) in [6, 6.07) is 4.10. The molecule has 0 spiro atoms. The van der Waals surface area contributed by atoms with Gasteiger partial charge in [0.1, 0.15) is 23.4 Å². The van der Waals surface area contributed by atoms with Crippen LogP contribution in [-0.4, -0.2) is 66.6 Å². The number of carbonyl (C=O) groups excluding carboxylic acids is 4. The molecule has 0 aliphatic heterocycles. The quantitative estimate of drug-likeness (QED) is 0.0989. The SMILES string of the molecule is C=C(C)C[C@H](NC(C)=O)C(=O)NC(CCC(/C=C\C)=C/C=C/C)C(=O)NCc1cc(OCCC(CC)CN(C)C(=O)OC(C)(C)C)ccc1C. The molecule has 50 heavy (non-hydrogen) atoms. The van der Waals surface area contributed by atoms with Gasteiger partial charge in [0.15, 0.2) is 0 Å². The lowest BCUT2D eigenvalue weighted by molar-refractivity contribution is -0.131. The zero-order valence-electron chi connectivity index (χ0n) is 32.1. The molecule has 0 heterocycles. The maximum Gasteiger partial charge on any atom is 0.410 e. The van der Waals surface area contributed by atoms with Gasteiger partial charge in [-0.15, -0.1) is 6.58 Å². The summed E-state index contributed by atoms with van der Waals surface area (Å²) in [5.74, 6) is -0.184. The van der Waals surface area contributed by atoms with E-state index in [9.17, 15) is 19.2 Å². The van der Waals surface area contributed by atoms with Gasteiger partial charge in [-0.2, -0.15) is 0 Å². The maximum absolute atomic E-state index is 13.6. The van der Waals surface area contributed by atoms with Gasteiger partial charge in [0.25, 0.3) is 0 Å². The second-order valence-corrected chi connectivity index (χ2v) is 13.9. The van der Waals surface area contributed by atoms with Crippen molar-refractivity contribution in [2.24, 2.45) is 5.92 Å². The average molecular weight is 695 g/mol. The van der Waals surface area contributed by atoms with E-state index in [0.29, 0.717) is 31.7 Å². The van der Waals surface area contributed by atoms with E-state index >= 15 is 0 Å². The Kier molecular flexibility index (Phi) is 19.6. The van der Waals surface area contributed by atoms with Crippen molar-refractivity contribution in [3.63, 3.8) is 0 Å². The van der Waals surface area contributed by atoms with Gasteiger partial charge in [-0.25, -0.2) is 4.79 Å². The number of ether oxygens (including phenoxy) is 2. The highest BCUT2D eigenvalue weighted by Crippen LogP contribution is 2.20. The second-order valence-electron chi connectivity index (χ2n) is 13.9. The number of hydrogen-bond donors (Lipinski definition) is 3. The summed E-state index contributed by atoms with van der Waals surface area (Å²) >= 11 is 0. The molecular formula is C40H62N4O6. The van der Waals surface area contributed by atoms with Gasteiger partial charge in [0.05, 0.1) is 6.61 Å². The Morgan fingerprint density at radius 1 is 1.00 bits per heavy atom. The molecule has 10 nitrogen and oxygen atoms in total. The van der Waals surface area contributed by atoms with Crippen LogP contribution in [0.1, 0.15) is 98.6 Å². The first-order chi connectivity index (χ1) is 23.5. The molecule has 0 radical (unpaired) electrons. The molecule has 0 saturated carbocycles. The second kappa shape index (κ2) is 22.4. The lowest BCUT2D eigenvalue weighted by Crippen LogP contribution is -2.53. The predicted molar refractivity (Wildman–Crippen MR) is 202 cm³/mol. The Morgan fingerprint density at radius 2 is 1.70 bits per heavy atom. The molecular weight excluding hydrogens is 632 g/mol. The number of carbonyl (C=O) groups is 4. The van der Waals surface area contributed by atoms with Gasteiger partial charge in [-0.05, 0) is 109 Å². The average Bonchev–Trinajstić information content (AvgIpc) is 3.02. The summed E-state index contributed by atoms with van der Waals surface area (Å²) in [5, 5.41) is 8.57. The highest BCUT2D eigenvalue weighted by molar-refractivity contribution is 5.92. The molecule has 3 N–H and O–H groups in total. The number of allylic oxidation sites excluding steroid dienone is 6. The van der Waals surface area contributed by atoms with E-state index in [1.165, 1.54) is 6.92 Å². The van der Waals surface area contributed by atoms with E-state index in [2.05, 4.69) is 29.5 Å². The van der Waals surface area contributed by atoms with Crippen molar-refractivity contribution in [2.75, 3.05) is 20.2 Å².